The van der Waals surface area contributed by atoms with E-state index in [0.29, 0.717) is 5.56 Å². The minimum atomic E-state index is -1.76. The van der Waals surface area contributed by atoms with E-state index in [4.69, 9.17) is 14.6 Å². The SMILES string of the molecule is O=C(C[C@@H](Cc1ccc(O)cc1)C(=O)O)OC1O[C@H](CO)[C@@H](O)[C@H](O)[C@H]1O. The van der Waals surface area contributed by atoms with Crippen molar-refractivity contribution in [1.82, 2.24) is 0 Å². The number of hydrogen-bond acceptors (Lipinski definition) is 9. The third-order valence-electron chi connectivity index (χ3n) is 4.28. The van der Waals surface area contributed by atoms with E-state index in [1.165, 1.54) is 24.3 Å². The fourth-order valence-electron chi connectivity index (χ4n) is 2.71. The molecule has 0 aromatic heterocycles. The van der Waals surface area contributed by atoms with Crippen molar-refractivity contribution in [2.24, 2.45) is 5.92 Å². The lowest BCUT2D eigenvalue weighted by atomic mass is 9.96. The standard InChI is InChI=1S/C17H22O10/c18-7-11-13(21)14(22)15(23)17(26-11)27-12(20)6-9(16(24)25)5-8-1-3-10(19)4-2-8/h1-4,9,11,13-15,17-19,21-23H,5-7H2,(H,24,25)/t9-,11-,13-,14+,15-,17?/m1/s1. The summed E-state index contributed by atoms with van der Waals surface area (Å²) in [6, 6.07) is 5.82. The van der Waals surface area contributed by atoms with Gasteiger partial charge >= 0.3 is 11.9 Å². The maximum atomic E-state index is 12.1. The van der Waals surface area contributed by atoms with Gasteiger partial charge in [0.25, 0.3) is 0 Å². The lowest BCUT2D eigenvalue weighted by molar-refractivity contribution is -0.292. The third-order valence-corrected chi connectivity index (χ3v) is 4.28. The van der Waals surface area contributed by atoms with Crippen molar-refractivity contribution in [2.75, 3.05) is 6.61 Å². The zero-order valence-corrected chi connectivity index (χ0v) is 14.2. The molecule has 150 valence electrons. The van der Waals surface area contributed by atoms with Gasteiger partial charge in [-0.05, 0) is 24.1 Å². The predicted molar refractivity (Wildman–Crippen MR) is 87.4 cm³/mol. The van der Waals surface area contributed by atoms with E-state index >= 15 is 0 Å². The van der Waals surface area contributed by atoms with Crippen molar-refractivity contribution < 1.29 is 49.7 Å². The molecule has 1 unspecified atom stereocenters. The zero-order chi connectivity index (χ0) is 20.1. The summed E-state index contributed by atoms with van der Waals surface area (Å²) in [4.78, 5) is 23.5. The molecule has 10 nitrogen and oxygen atoms in total. The van der Waals surface area contributed by atoms with E-state index in [2.05, 4.69) is 0 Å². The Morgan fingerprint density at radius 2 is 1.70 bits per heavy atom. The van der Waals surface area contributed by atoms with Crippen molar-refractivity contribution in [3.8, 4) is 5.75 Å². The Balaban J connectivity index is 1.98. The number of ether oxygens (including phenoxy) is 2. The number of hydrogen-bond donors (Lipinski definition) is 6. The van der Waals surface area contributed by atoms with Crippen LogP contribution in [0.15, 0.2) is 24.3 Å². The van der Waals surface area contributed by atoms with Gasteiger partial charge in [0.15, 0.2) is 0 Å². The smallest absolute Gasteiger partial charge is 0.309 e. The Hall–Kier alpha value is -2.24. The molecule has 1 aromatic carbocycles. The number of aliphatic hydroxyl groups excluding tert-OH is 4. The van der Waals surface area contributed by atoms with Crippen LogP contribution in [0.25, 0.3) is 0 Å². The Labute approximate surface area is 154 Å². The number of carbonyl (C=O) groups is 2. The fraction of sp³-hybridized carbons (Fsp3) is 0.529. The number of rotatable bonds is 7. The van der Waals surface area contributed by atoms with E-state index in [0.717, 1.165) is 0 Å². The van der Waals surface area contributed by atoms with Crippen LogP contribution in [0.4, 0.5) is 0 Å². The molecule has 1 heterocycles. The quantitative estimate of drug-likeness (QED) is 0.299. The van der Waals surface area contributed by atoms with E-state index < -0.39 is 61.6 Å². The van der Waals surface area contributed by atoms with Crippen LogP contribution in [-0.4, -0.2) is 79.9 Å². The lowest BCUT2D eigenvalue weighted by Crippen LogP contribution is -2.59. The topological polar surface area (TPSA) is 174 Å². The van der Waals surface area contributed by atoms with Gasteiger partial charge in [0, 0.05) is 0 Å². The molecule has 1 aliphatic rings. The second-order valence-electron chi connectivity index (χ2n) is 6.30. The summed E-state index contributed by atoms with van der Waals surface area (Å²) in [5, 5.41) is 56.9. The van der Waals surface area contributed by atoms with Crippen LogP contribution in [0, 0.1) is 5.92 Å². The maximum absolute atomic E-state index is 12.1. The minimum absolute atomic E-state index is 0.000600. The van der Waals surface area contributed by atoms with Gasteiger partial charge in [-0.15, -0.1) is 0 Å². The lowest BCUT2D eigenvalue weighted by Gasteiger charge is -2.39. The first-order valence-electron chi connectivity index (χ1n) is 8.23. The van der Waals surface area contributed by atoms with Crippen molar-refractivity contribution in [3.63, 3.8) is 0 Å². The first-order valence-corrected chi connectivity index (χ1v) is 8.23. The third kappa shape index (κ3) is 5.37. The maximum Gasteiger partial charge on any atom is 0.309 e. The van der Waals surface area contributed by atoms with E-state index in [1.807, 2.05) is 0 Å². The molecule has 0 amide bonds. The van der Waals surface area contributed by atoms with Crippen LogP contribution in [0.5, 0.6) is 5.75 Å². The van der Waals surface area contributed by atoms with Crippen molar-refractivity contribution in [3.05, 3.63) is 29.8 Å². The summed E-state index contributed by atoms with van der Waals surface area (Å²) in [7, 11) is 0. The second-order valence-corrected chi connectivity index (χ2v) is 6.30. The molecule has 27 heavy (non-hydrogen) atoms. The summed E-state index contributed by atoms with van der Waals surface area (Å²) in [6.45, 7) is -0.683. The molecule has 0 aliphatic carbocycles. The Bertz CT molecular complexity index is 644. The van der Waals surface area contributed by atoms with Crippen LogP contribution in [0.1, 0.15) is 12.0 Å². The highest BCUT2D eigenvalue weighted by Crippen LogP contribution is 2.23. The monoisotopic (exact) mass is 386 g/mol. The average molecular weight is 386 g/mol. The number of carboxylic acid groups (broad SMARTS) is 1. The van der Waals surface area contributed by atoms with Gasteiger partial charge in [-0.2, -0.15) is 0 Å². The number of aliphatic hydroxyl groups is 4. The molecule has 1 aromatic rings. The first-order chi connectivity index (χ1) is 12.7. The summed E-state index contributed by atoms with van der Waals surface area (Å²) in [5.41, 5.74) is 0.584. The van der Waals surface area contributed by atoms with Gasteiger partial charge in [-0.1, -0.05) is 12.1 Å². The summed E-state index contributed by atoms with van der Waals surface area (Å²) in [5.74, 6) is -3.35. The zero-order valence-electron chi connectivity index (χ0n) is 14.2. The Morgan fingerprint density at radius 1 is 1.07 bits per heavy atom. The summed E-state index contributed by atoms with van der Waals surface area (Å²) >= 11 is 0. The highest BCUT2D eigenvalue weighted by atomic mass is 16.7. The molecule has 6 atom stereocenters. The van der Waals surface area contributed by atoms with Crippen LogP contribution in [0.3, 0.4) is 0 Å². The second kappa shape index (κ2) is 9.11. The van der Waals surface area contributed by atoms with Crippen LogP contribution < -0.4 is 0 Å². The van der Waals surface area contributed by atoms with Crippen LogP contribution in [-0.2, 0) is 25.5 Å². The van der Waals surface area contributed by atoms with Gasteiger partial charge in [0.05, 0.1) is 18.9 Å². The van der Waals surface area contributed by atoms with Crippen LogP contribution in [0.2, 0.25) is 0 Å². The van der Waals surface area contributed by atoms with E-state index in [9.17, 15) is 35.1 Å². The highest BCUT2D eigenvalue weighted by Gasteiger charge is 2.45. The van der Waals surface area contributed by atoms with Crippen molar-refractivity contribution in [2.45, 2.75) is 43.5 Å². The fourth-order valence-corrected chi connectivity index (χ4v) is 2.71. The number of aliphatic carboxylic acids is 1. The molecule has 2 rings (SSSR count). The Kier molecular flexibility index (Phi) is 7.11. The summed E-state index contributed by atoms with van der Waals surface area (Å²) in [6.07, 6.45) is -8.50. The van der Waals surface area contributed by atoms with E-state index in [-0.39, 0.29) is 12.2 Å². The van der Waals surface area contributed by atoms with Crippen molar-refractivity contribution in [1.29, 1.82) is 0 Å². The van der Waals surface area contributed by atoms with Gasteiger partial charge in [0.2, 0.25) is 6.29 Å². The number of carbonyl (C=O) groups excluding carboxylic acids is 1. The predicted octanol–water partition coefficient (Wildman–Crippen LogP) is -1.63. The van der Waals surface area contributed by atoms with Gasteiger partial charge in [-0.25, -0.2) is 0 Å². The molecule has 1 aliphatic heterocycles. The molecule has 0 bridgehead atoms. The highest BCUT2D eigenvalue weighted by molar-refractivity contribution is 5.79. The molecule has 0 radical (unpaired) electrons. The number of benzene rings is 1. The van der Waals surface area contributed by atoms with E-state index in [1.54, 1.807) is 0 Å². The number of carboxylic acids is 1. The molecule has 6 N–H and O–H groups in total. The van der Waals surface area contributed by atoms with Crippen LogP contribution >= 0.6 is 0 Å². The molecule has 0 saturated carbocycles. The first kappa shape index (κ1) is 21.1. The van der Waals surface area contributed by atoms with Gasteiger partial charge in [-0.3, -0.25) is 9.59 Å². The van der Waals surface area contributed by atoms with Gasteiger partial charge in [0.1, 0.15) is 30.2 Å². The molecule has 1 saturated heterocycles. The molecular weight excluding hydrogens is 364 g/mol. The normalized spacial score (nSPS) is 29.1. The van der Waals surface area contributed by atoms with Crippen molar-refractivity contribution >= 4 is 11.9 Å². The van der Waals surface area contributed by atoms with Gasteiger partial charge < -0.3 is 40.1 Å². The average Bonchev–Trinajstić information content (AvgIpc) is 2.63. The molecule has 0 spiro atoms. The molecule has 10 heteroatoms. The minimum Gasteiger partial charge on any atom is -0.508 e. The molecular formula is C17H22O10. The number of phenolic OH excluding ortho intramolecular Hbond substituents is 1. The molecule has 1 fully saturated rings. The largest absolute Gasteiger partial charge is 0.508 e. The number of phenols is 1. The Morgan fingerprint density at radius 3 is 2.26 bits per heavy atom. The number of esters is 1. The summed E-state index contributed by atoms with van der Waals surface area (Å²) < 4.78 is 9.94. The number of aromatic hydroxyl groups is 1.